The Kier molecular flexibility index (Phi) is 8.65. The third-order valence-corrected chi connectivity index (χ3v) is 4.62. The van der Waals surface area contributed by atoms with E-state index in [0.717, 1.165) is 11.3 Å². The third-order valence-electron chi connectivity index (χ3n) is 2.40. The molecule has 0 radical (unpaired) electrons. The van der Waals surface area contributed by atoms with Crippen LogP contribution < -0.4 is 40.0 Å². The first-order valence-corrected chi connectivity index (χ1v) is 8.23. The number of amides is 1. The van der Waals surface area contributed by atoms with Crippen molar-refractivity contribution in [3.8, 4) is 0 Å². The van der Waals surface area contributed by atoms with Crippen molar-refractivity contribution < 1.29 is 52.4 Å². The molecule has 0 bridgehead atoms. The van der Waals surface area contributed by atoms with Crippen molar-refractivity contribution in [1.29, 1.82) is 0 Å². The molecule has 0 fully saturated rings. The van der Waals surface area contributed by atoms with E-state index in [2.05, 4.69) is 20.5 Å². The van der Waals surface area contributed by atoms with Gasteiger partial charge in [-0.1, -0.05) is 25.2 Å². The Morgan fingerprint density at radius 2 is 2.05 bits per heavy atom. The van der Waals surface area contributed by atoms with E-state index < -0.39 is 33.6 Å². The Labute approximate surface area is 154 Å². The molecule has 1 rings (SSSR count). The van der Waals surface area contributed by atoms with Gasteiger partial charge in [-0.3, -0.25) is 9.35 Å². The molecule has 2 N–H and O–H groups in total. The van der Waals surface area contributed by atoms with E-state index in [1.807, 2.05) is 13.8 Å². The Balaban J connectivity index is 0.00000441. The molecule has 9 nitrogen and oxygen atoms in total. The van der Waals surface area contributed by atoms with Gasteiger partial charge >= 0.3 is 29.6 Å². The summed E-state index contributed by atoms with van der Waals surface area (Å²) in [4.78, 5) is 15.0. The summed E-state index contributed by atoms with van der Waals surface area (Å²) in [5, 5.41) is 20.1. The third kappa shape index (κ3) is 6.26. The minimum Gasteiger partial charge on any atom is -0.862 e. The molecule has 0 saturated carbocycles. The van der Waals surface area contributed by atoms with Crippen LogP contribution in [-0.4, -0.2) is 47.3 Å². The standard InChI is InChI=1S/C10H16N4O5S2.Na/c1-5(2)9-13-14-10(20-9)12-7(15)4-6(8(16)11-3)21(17,18)19;/h5-6H,4H2,1-3H3,(H,11,16)(H,12,14,15)(H,17,18,19);/q;+1/p-1. The van der Waals surface area contributed by atoms with Gasteiger partial charge in [0.15, 0.2) is 5.25 Å². The maximum atomic E-state index is 11.7. The van der Waals surface area contributed by atoms with Gasteiger partial charge in [-0.05, 0) is 5.90 Å². The molecule has 0 aromatic carbocycles. The minimum atomic E-state index is -4.70. The van der Waals surface area contributed by atoms with Crippen molar-refractivity contribution in [2.24, 2.45) is 4.99 Å². The second-order valence-corrected chi connectivity index (χ2v) is 6.99. The molecule has 1 amide bonds. The van der Waals surface area contributed by atoms with Crippen molar-refractivity contribution in [3.63, 3.8) is 0 Å². The summed E-state index contributed by atoms with van der Waals surface area (Å²) >= 11 is 1.10. The zero-order chi connectivity index (χ0) is 16.2. The Hall–Kier alpha value is -0.590. The molecule has 12 heteroatoms. The van der Waals surface area contributed by atoms with Gasteiger partial charge in [0.1, 0.15) is 5.01 Å². The van der Waals surface area contributed by atoms with Crippen LogP contribution >= 0.6 is 11.3 Å². The molecule has 1 aromatic rings. The molecular weight excluding hydrogens is 343 g/mol. The average Bonchev–Trinajstić information content (AvgIpc) is 2.82. The monoisotopic (exact) mass is 358 g/mol. The van der Waals surface area contributed by atoms with Crippen LogP contribution in [0.15, 0.2) is 4.99 Å². The van der Waals surface area contributed by atoms with E-state index in [1.54, 1.807) is 0 Å². The first-order chi connectivity index (χ1) is 9.65. The largest absolute Gasteiger partial charge is 1.00 e. The molecule has 1 aromatic heterocycles. The topological polar surface area (TPSA) is 145 Å². The van der Waals surface area contributed by atoms with E-state index in [0.29, 0.717) is 5.01 Å². The van der Waals surface area contributed by atoms with Crippen LogP contribution in [0.4, 0.5) is 5.13 Å². The van der Waals surface area contributed by atoms with E-state index in [9.17, 15) is 18.3 Å². The number of hydrogen-bond acceptors (Lipinski definition) is 8. The first kappa shape index (κ1) is 21.4. The summed E-state index contributed by atoms with van der Waals surface area (Å²) in [5.41, 5.74) is 0. The van der Waals surface area contributed by atoms with Crippen LogP contribution in [0, 0.1) is 0 Å². The summed E-state index contributed by atoms with van der Waals surface area (Å²) < 4.78 is 31.1. The Morgan fingerprint density at radius 1 is 1.45 bits per heavy atom. The molecule has 0 spiro atoms. The maximum Gasteiger partial charge on any atom is 1.00 e. The number of aliphatic imine (C=N–C) groups is 1. The number of nitrogens with one attached hydrogen (secondary N) is 1. The second kappa shape index (κ2) is 8.89. The fraction of sp³-hybridized carbons (Fsp3) is 0.600. The van der Waals surface area contributed by atoms with Crippen molar-refractivity contribution in [3.05, 3.63) is 5.01 Å². The van der Waals surface area contributed by atoms with Crippen LogP contribution in [0.1, 0.15) is 31.2 Å². The van der Waals surface area contributed by atoms with Crippen LogP contribution in [-0.2, 0) is 14.9 Å². The summed E-state index contributed by atoms with van der Waals surface area (Å²) in [6.45, 7) is 3.79. The van der Waals surface area contributed by atoms with E-state index in [4.69, 9.17) is 4.55 Å². The van der Waals surface area contributed by atoms with Gasteiger partial charge in [-0.25, -0.2) is 4.99 Å². The number of rotatable bonds is 6. The number of carbonyl (C=O) groups is 1. The molecule has 1 atom stereocenters. The zero-order valence-corrected chi connectivity index (χ0v) is 16.2. The van der Waals surface area contributed by atoms with Gasteiger partial charge in [-0.15, -0.1) is 10.2 Å². The van der Waals surface area contributed by atoms with Crippen molar-refractivity contribution in [2.45, 2.75) is 31.4 Å². The van der Waals surface area contributed by atoms with Crippen LogP contribution in [0.25, 0.3) is 0 Å². The first-order valence-electron chi connectivity index (χ1n) is 5.91. The Morgan fingerprint density at radius 3 is 2.45 bits per heavy atom. The fourth-order valence-corrected chi connectivity index (χ4v) is 2.79. The molecular formula is C10H15N4NaO5S2. The van der Waals surface area contributed by atoms with Gasteiger partial charge in [0.2, 0.25) is 11.0 Å². The van der Waals surface area contributed by atoms with Gasteiger partial charge in [0, 0.05) is 19.4 Å². The second-order valence-electron chi connectivity index (χ2n) is 4.41. The van der Waals surface area contributed by atoms with Crippen LogP contribution in [0.2, 0.25) is 0 Å². The molecule has 0 saturated heterocycles. The van der Waals surface area contributed by atoms with Gasteiger partial charge in [-0.2, -0.15) is 8.42 Å². The molecule has 1 heterocycles. The Bertz CT molecular complexity index is 643. The SMILES string of the molecule is CNC(=O)C(CC([O-])=Nc1nnc(C(C)C)s1)S(=O)(=O)O.[Na+]. The van der Waals surface area contributed by atoms with Gasteiger partial charge < -0.3 is 10.4 Å². The van der Waals surface area contributed by atoms with Crippen molar-refractivity contribution in [1.82, 2.24) is 15.5 Å². The van der Waals surface area contributed by atoms with E-state index in [-0.39, 0.29) is 40.6 Å². The summed E-state index contributed by atoms with van der Waals surface area (Å²) in [7, 11) is -3.50. The summed E-state index contributed by atoms with van der Waals surface area (Å²) in [6, 6.07) is 0. The summed E-state index contributed by atoms with van der Waals surface area (Å²) in [5.74, 6) is -1.74. The van der Waals surface area contributed by atoms with Crippen LogP contribution in [0.5, 0.6) is 0 Å². The molecule has 0 aliphatic rings. The number of aromatic nitrogens is 2. The number of hydrogen-bond donors (Lipinski definition) is 2. The predicted octanol–water partition coefficient (Wildman–Crippen LogP) is -3.55. The zero-order valence-electron chi connectivity index (χ0n) is 12.6. The van der Waals surface area contributed by atoms with E-state index in [1.165, 1.54) is 7.05 Å². The smallest absolute Gasteiger partial charge is 0.862 e. The fourth-order valence-electron chi connectivity index (χ4n) is 1.31. The normalized spacial score (nSPS) is 13.6. The number of carbonyl (C=O) groups excluding carboxylic acids is 1. The van der Waals surface area contributed by atoms with Crippen molar-refractivity contribution in [2.75, 3.05) is 7.05 Å². The molecule has 22 heavy (non-hydrogen) atoms. The molecule has 118 valence electrons. The molecule has 1 unspecified atom stereocenters. The van der Waals surface area contributed by atoms with Gasteiger partial charge in [0.25, 0.3) is 10.1 Å². The minimum absolute atomic E-state index is 0. The quantitative estimate of drug-likeness (QED) is 0.232. The van der Waals surface area contributed by atoms with E-state index >= 15 is 0 Å². The molecule has 0 aliphatic heterocycles. The van der Waals surface area contributed by atoms with Crippen molar-refractivity contribution >= 4 is 38.4 Å². The summed E-state index contributed by atoms with van der Waals surface area (Å²) in [6.07, 6.45) is -0.769. The van der Waals surface area contributed by atoms with Crippen LogP contribution in [0.3, 0.4) is 0 Å². The average molecular weight is 358 g/mol. The van der Waals surface area contributed by atoms with Gasteiger partial charge in [0.05, 0.1) is 0 Å². The maximum absolute atomic E-state index is 11.7. The molecule has 0 aliphatic carbocycles. The number of nitrogens with zero attached hydrogens (tertiary/aromatic N) is 3. The predicted molar refractivity (Wildman–Crippen MR) is 75.1 cm³/mol.